The molecule has 0 aliphatic heterocycles. The number of halogens is 1. The lowest BCUT2D eigenvalue weighted by atomic mass is 10.3. The van der Waals surface area contributed by atoms with E-state index in [0.717, 1.165) is 21.6 Å². The van der Waals surface area contributed by atoms with Crippen molar-refractivity contribution in [3.05, 3.63) is 33.4 Å². The predicted molar refractivity (Wildman–Crippen MR) is 64.5 cm³/mol. The van der Waals surface area contributed by atoms with Gasteiger partial charge < -0.3 is 5.32 Å². The van der Waals surface area contributed by atoms with Crippen LogP contribution < -0.4 is 5.32 Å². The number of carbonyl (C=O) groups excluding carboxylic acids is 1. The van der Waals surface area contributed by atoms with Crippen molar-refractivity contribution in [3.63, 3.8) is 0 Å². The number of pyridine rings is 1. The lowest BCUT2D eigenvalue weighted by Gasteiger charge is -2.05. The summed E-state index contributed by atoms with van der Waals surface area (Å²) in [5, 5.41) is 6.30. The molecular formula is C9H7BrN4OS. The van der Waals surface area contributed by atoms with Crippen molar-refractivity contribution in [1.29, 1.82) is 0 Å². The van der Waals surface area contributed by atoms with Crippen molar-refractivity contribution in [1.82, 2.24) is 14.6 Å². The van der Waals surface area contributed by atoms with E-state index in [1.807, 2.05) is 13.0 Å². The number of nitrogens with zero attached hydrogens (tertiary/aromatic N) is 3. The minimum atomic E-state index is -0.243. The van der Waals surface area contributed by atoms with Gasteiger partial charge >= 0.3 is 0 Å². The highest BCUT2D eigenvalue weighted by molar-refractivity contribution is 9.10. The van der Waals surface area contributed by atoms with Gasteiger partial charge in [0.1, 0.15) is 10.7 Å². The maximum Gasteiger partial charge on any atom is 0.270 e. The number of nitrogens with one attached hydrogen (secondary N) is 1. The minimum Gasteiger partial charge on any atom is -0.306 e. The van der Waals surface area contributed by atoms with Gasteiger partial charge in [-0.05, 0) is 46.0 Å². The third-order valence-corrected chi connectivity index (χ3v) is 2.96. The summed E-state index contributed by atoms with van der Waals surface area (Å²) >= 11 is 4.36. The fraction of sp³-hybridized carbons (Fsp3) is 0.111. The molecule has 0 atom stereocenters. The second-order valence-corrected chi connectivity index (χ2v) is 4.76. The van der Waals surface area contributed by atoms with Crippen LogP contribution in [-0.2, 0) is 0 Å². The number of hydrogen-bond acceptors (Lipinski definition) is 5. The van der Waals surface area contributed by atoms with Gasteiger partial charge in [-0.25, -0.2) is 4.98 Å². The molecule has 0 aromatic carbocycles. The van der Waals surface area contributed by atoms with Gasteiger partial charge in [0.2, 0.25) is 0 Å². The zero-order valence-electron chi connectivity index (χ0n) is 8.27. The Balaban J connectivity index is 2.18. The minimum absolute atomic E-state index is 0.243. The van der Waals surface area contributed by atoms with Crippen LogP contribution >= 0.6 is 27.5 Å². The van der Waals surface area contributed by atoms with Crippen molar-refractivity contribution < 1.29 is 4.79 Å². The summed E-state index contributed by atoms with van der Waals surface area (Å²) in [5.74, 6) is 0.300. The molecule has 2 aromatic heterocycles. The Labute approximate surface area is 104 Å². The van der Waals surface area contributed by atoms with Gasteiger partial charge in [0.05, 0.1) is 6.20 Å². The highest BCUT2D eigenvalue weighted by atomic mass is 79.9. The smallest absolute Gasteiger partial charge is 0.270 e. The molecule has 16 heavy (non-hydrogen) atoms. The first-order valence-corrected chi connectivity index (χ1v) is 5.94. The quantitative estimate of drug-likeness (QED) is 0.923. The van der Waals surface area contributed by atoms with E-state index >= 15 is 0 Å². The molecule has 0 aliphatic carbocycles. The molecule has 0 radical (unpaired) electrons. The van der Waals surface area contributed by atoms with Crippen LogP contribution in [-0.4, -0.2) is 20.5 Å². The zero-order valence-corrected chi connectivity index (χ0v) is 10.7. The highest BCUT2D eigenvalue weighted by Crippen LogP contribution is 2.17. The van der Waals surface area contributed by atoms with E-state index in [9.17, 15) is 4.79 Å². The molecule has 2 rings (SSSR count). The Kier molecular flexibility index (Phi) is 3.25. The van der Waals surface area contributed by atoms with E-state index in [1.165, 1.54) is 6.20 Å². The molecule has 82 valence electrons. The molecule has 0 bridgehead atoms. The molecule has 7 heteroatoms. The number of aromatic nitrogens is 3. The molecule has 0 unspecified atom stereocenters. The maximum absolute atomic E-state index is 11.7. The summed E-state index contributed by atoms with van der Waals surface area (Å²) in [4.78, 5) is 16.3. The van der Waals surface area contributed by atoms with Crippen LogP contribution in [0.1, 0.15) is 15.2 Å². The van der Waals surface area contributed by atoms with E-state index < -0.39 is 0 Å². The fourth-order valence-electron chi connectivity index (χ4n) is 1.11. The van der Waals surface area contributed by atoms with Crippen molar-refractivity contribution in [2.45, 2.75) is 6.92 Å². The first-order chi connectivity index (χ1) is 7.66. The normalized spacial score (nSPS) is 10.1. The van der Waals surface area contributed by atoms with Crippen molar-refractivity contribution in [2.24, 2.45) is 0 Å². The zero-order chi connectivity index (χ0) is 11.5. The average Bonchev–Trinajstić information content (AvgIpc) is 2.75. The molecule has 0 spiro atoms. The summed E-state index contributed by atoms with van der Waals surface area (Å²) in [6.07, 6.45) is 3.06. The molecule has 2 heterocycles. The Bertz CT molecular complexity index is 514. The lowest BCUT2D eigenvalue weighted by molar-refractivity contribution is 0.103. The molecule has 1 N–H and O–H groups in total. The standard InChI is InChI=1S/C9H7BrN4OS/c1-5-2-6(10)3-11-8(5)13-9(15)7-4-12-14-16-7/h2-4H,1H3,(H,11,13,15). The van der Waals surface area contributed by atoms with Crippen LogP contribution in [0.5, 0.6) is 0 Å². The monoisotopic (exact) mass is 298 g/mol. The molecular weight excluding hydrogens is 292 g/mol. The average molecular weight is 299 g/mol. The summed E-state index contributed by atoms with van der Waals surface area (Å²) < 4.78 is 4.50. The van der Waals surface area contributed by atoms with Gasteiger partial charge in [-0.3, -0.25) is 4.79 Å². The summed E-state index contributed by atoms with van der Waals surface area (Å²) in [6, 6.07) is 1.88. The highest BCUT2D eigenvalue weighted by Gasteiger charge is 2.10. The largest absolute Gasteiger partial charge is 0.306 e. The fourth-order valence-corrected chi connectivity index (χ4v) is 1.96. The van der Waals surface area contributed by atoms with Crippen molar-refractivity contribution >= 4 is 39.2 Å². The number of rotatable bonds is 2. The summed E-state index contributed by atoms with van der Waals surface area (Å²) in [6.45, 7) is 1.87. The number of carbonyl (C=O) groups is 1. The van der Waals surface area contributed by atoms with Gasteiger partial charge in [-0.1, -0.05) is 4.49 Å². The molecule has 2 aromatic rings. The van der Waals surface area contributed by atoms with E-state index in [-0.39, 0.29) is 5.91 Å². The Hall–Kier alpha value is -1.34. The lowest BCUT2D eigenvalue weighted by Crippen LogP contribution is -2.12. The van der Waals surface area contributed by atoms with Crippen LogP contribution in [0.25, 0.3) is 0 Å². The van der Waals surface area contributed by atoms with Gasteiger partial charge in [-0.15, -0.1) is 5.10 Å². The Morgan fingerprint density at radius 2 is 2.31 bits per heavy atom. The van der Waals surface area contributed by atoms with E-state index in [0.29, 0.717) is 10.7 Å². The predicted octanol–water partition coefficient (Wildman–Crippen LogP) is 2.26. The van der Waals surface area contributed by atoms with Crippen LogP contribution in [0, 0.1) is 6.92 Å². The van der Waals surface area contributed by atoms with E-state index in [2.05, 4.69) is 35.8 Å². The number of hydrogen-bond donors (Lipinski definition) is 1. The van der Waals surface area contributed by atoms with Crippen LogP contribution in [0.4, 0.5) is 5.82 Å². The molecule has 5 nitrogen and oxygen atoms in total. The van der Waals surface area contributed by atoms with Crippen molar-refractivity contribution in [3.8, 4) is 0 Å². The summed E-state index contributed by atoms with van der Waals surface area (Å²) in [7, 11) is 0. The third-order valence-electron chi connectivity index (χ3n) is 1.86. The third kappa shape index (κ3) is 2.42. The second-order valence-electron chi connectivity index (χ2n) is 3.05. The van der Waals surface area contributed by atoms with Crippen LogP contribution in [0.3, 0.4) is 0 Å². The van der Waals surface area contributed by atoms with Crippen molar-refractivity contribution in [2.75, 3.05) is 5.32 Å². The van der Waals surface area contributed by atoms with Crippen LogP contribution in [0.15, 0.2) is 22.9 Å². The SMILES string of the molecule is Cc1cc(Br)cnc1NC(=O)c1cnns1. The number of aryl methyl sites for hydroxylation is 1. The number of amides is 1. The van der Waals surface area contributed by atoms with Gasteiger partial charge in [0.15, 0.2) is 0 Å². The molecule has 0 saturated heterocycles. The first kappa shape index (κ1) is 11.2. The van der Waals surface area contributed by atoms with Gasteiger partial charge in [-0.2, -0.15) is 0 Å². The van der Waals surface area contributed by atoms with Gasteiger partial charge in [0.25, 0.3) is 5.91 Å². The molecule has 0 saturated carbocycles. The molecule has 0 fully saturated rings. The second kappa shape index (κ2) is 4.67. The summed E-state index contributed by atoms with van der Waals surface area (Å²) in [5.41, 5.74) is 0.889. The maximum atomic E-state index is 11.7. The topological polar surface area (TPSA) is 67.8 Å². The van der Waals surface area contributed by atoms with E-state index in [4.69, 9.17) is 0 Å². The van der Waals surface area contributed by atoms with Gasteiger partial charge in [0, 0.05) is 10.7 Å². The Morgan fingerprint density at radius 1 is 1.50 bits per heavy atom. The van der Waals surface area contributed by atoms with Crippen LogP contribution in [0.2, 0.25) is 0 Å². The number of anilines is 1. The molecule has 0 aliphatic rings. The Morgan fingerprint density at radius 3 is 2.94 bits per heavy atom. The van der Waals surface area contributed by atoms with E-state index in [1.54, 1.807) is 6.20 Å². The molecule has 1 amide bonds. The first-order valence-electron chi connectivity index (χ1n) is 4.37.